The van der Waals surface area contributed by atoms with Crippen molar-refractivity contribution in [3.8, 4) is 5.75 Å². The highest BCUT2D eigenvalue weighted by atomic mass is 16.6. The van der Waals surface area contributed by atoms with E-state index in [9.17, 15) is 14.4 Å². The van der Waals surface area contributed by atoms with Gasteiger partial charge in [-0.2, -0.15) is 0 Å². The van der Waals surface area contributed by atoms with Crippen LogP contribution in [0.1, 0.15) is 53.5 Å². The van der Waals surface area contributed by atoms with Crippen LogP contribution in [0.15, 0.2) is 72.6 Å². The van der Waals surface area contributed by atoms with E-state index >= 15 is 0 Å². The summed E-state index contributed by atoms with van der Waals surface area (Å²) in [6, 6.07) is 18.1. The van der Waals surface area contributed by atoms with Crippen molar-refractivity contribution < 1.29 is 33.4 Å². The molecule has 41 heavy (non-hydrogen) atoms. The number of ketones is 1. The molecule has 0 spiro atoms. The van der Waals surface area contributed by atoms with E-state index in [2.05, 4.69) is 16.1 Å². The molecule has 0 aliphatic carbocycles. The minimum atomic E-state index is -0.564. The van der Waals surface area contributed by atoms with Gasteiger partial charge in [-0.1, -0.05) is 35.9 Å². The van der Waals surface area contributed by atoms with E-state index in [1.165, 1.54) is 7.11 Å². The SMILES string of the molecule is COC=O.Cc1ccc2cc(C(=O)/C(=C/N(C)C)Oc3ccc(C(=O)NCCC(=O)OC(C)(C)C)cc3)ccc2c1. The zero-order chi connectivity index (χ0) is 30.6. The highest BCUT2D eigenvalue weighted by molar-refractivity contribution is 6.09. The molecule has 0 heterocycles. The van der Waals surface area contributed by atoms with Gasteiger partial charge in [0.25, 0.3) is 12.4 Å². The lowest BCUT2D eigenvalue weighted by molar-refractivity contribution is -0.154. The third kappa shape index (κ3) is 11.2. The molecule has 0 unspecified atom stereocenters. The number of Topliss-reactive ketones (excluding diaryl/α,β-unsaturated/α-hetero) is 1. The molecule has 0 aliphatic heterocycles. The third-order valence-electron chi connectivity index (χ3n) is 5.33. The number of ether oxygens (including phenoxy) is 3. The quantitative estimate of drug-likeness (QED) is 0.120. The average molecular weight is 563 g/mol. The molecular weight excluding hydrogens is 524 g/mol. The van der Waals surface area contributed by atoms with E-state index < -0.39 is 5.60 Å². The predicted molar refractivity (Wildman–Crippen MR) is 158 cm³/mol. The largest absolute Gasteiger partial charge is 0.471 e. The molecule has 0 saturated heterocycles. The molecular formula is C32H38N2O7. The molecule has 3 aromatic rings. The summed E-state index contributed by atoms with van der Waals surface area (Å²) in [5, 5.41) is 4.75. The minimum absolute atomic E-state index is 0.0827. The van der Waals surface area contributed by atoms with Crippen LogP contribution in [0, 0.1) is 6.92 Å². The van der Waals surface area contributed by atoms with Gasteiger partial charge in [-0.25, -0.2) is 0 Å². The van der Waals surface area contributed by atoms with E-state index in [-0.39, 0.29) is 36.4 Å². The Labute approximate surface area is 241 Å². The van der Waals surface area contributed by atoms with Gasteiger partial charge in [-0.3, -0.25) is 19.2 Å². The maximum atomic E-state index is 13.3. The Morgan fingerprint density at radius 1 is 0.902 bits per heavy atom. The van der Waals surface area contributed by atoms with Crippen LogP contribution in [0.5, 0.6) is 5.75 Å². The van der Waals surface area contributed by atoms with Crippen molar-refractivity contribution in [2.45, 2.75) is 39.7 Å². The average Bonchev–Trinajstić information content (AvgIpc) is 2.91. The van der Waals surface area contributed by atoms with Gasteiger partial charge in [0.1, 0.15) is 11.4 Å². The number of amides is 1. The van der Waals surface area contributed by atoms with Crippen molar-refractivity contribution in [3.63, 3.8) is 0 Å². The van der Waals surface area contributed by atoms with E-state index in [4.69, 9.17) is 14.3 Å². The van der Waals surface area contributed by atoms with Crippen LogP contribution in [-0.2, 0) is 19.1 Å². The summed E-state index contributed by atoms with van der Waals surface area (Å²) in [6.45, 7) is 7.96. The smallest absolute Gasteiger partial charge is 0.308 e. The summed E-state index contributed by atoms with van der Waals surface area (Å²) < 4.78 is 15.0. The number of hydrogen-bond donors (Lipinski definition) is 1. The Morgan fingerprint density at radius 3 is 2.07 bits per heavy atom. The normalized spacial score (nSPS) is 11.0. The summed E-state index contributed by atoms with van der Waals surface area (Å²) >= 11 is 0. The van der Waals surface area contributed by atoms with Gasteiger partial charge in [0, 0.05) is 38.0 Å². The first-order valence-corrected chi connectivity index (χ1v) is 13.0. The van der Waals surface area contributed by atoms with Gasteiger partial charge in [0.15, 0.2) is 5.76 Å². The second-order valence-electron chi connectivity index (χ2n) is 10.4. The number of carbonyl (C=O) groups is 4. The van der Waals surface area contributed by atoms with E-state index in [1.54, 1.807) is 62.2 Å². The fraction of sp³-hybridized carbons (Fsp3) is 0.312. The molecule has 0 aromatic heterocycles. The zero-order valence-corrected chi connectivity index (χ0v) is 24.6. The van der Waals surface area contributed by atoms with E-state index in [0.717, 1.165) is 16.3 Å². The third-order valence-corrected chi connectivity index (χ3v) is 5.33. The number of carbonyl (C=O) groups excluding carboxylic acids is 4. The maximum Gasteiger partial charge on any atom is 0.308 e. The number of allylic oxidation sites excluding steroid dienone is 1. The number of methoxy groups -OCH3 is 1. The molecule has 0 radical (unpaired) electrons. The molecule has 0 aliphatic rings. The Balaban J connectivity index is 0.00000138. The summed E-state index contributed by atoms with van der Waals surface area (Å²) in [5.41, 5.74) is 1.52. The molecule has 1 amide bonds. The second kappa shape index (κ2) is 15.2. The number of rotatable bonds is 10. The summed E-state index contributed by atoms with van der Waals surface area (Å²) in [5.74, 6) is -0.362. The molecule has 9 heteroatoms. The number of esters is 1. The van der Waals surface area contributed by atoms with Crippen molar-refractivity contribution in [2.24, 2.45) is 0 Å². The number of aryl methyl sites for hydroxylation is 1. The second-order valence-corrected chi connectivity index (χ2v) is 10.4. The van der Waals surface area contributed by atoms with Gasteiger partial charge < -0.3 is 24.4 Å². The van der Waals surface area contributed by atoms with Crippen LogP contribution >= 0.6 is 0 Å². The van der Waals surface area contributed by atoms with Gasteiger partial charge >= 0.3 is 5.97 Å². The summed E-state index contributed by atoms with van der Waals surface area (Å²) in [6.07, 6.45) is 1.71. The summed E-state index contributed by atoms with van der Waals surface area (Å²) in [7, 11) is 4.93. The van der Waals surface area contributed by atoms with Gasteiger partial charge in [0.2, 0.25) is 5.78 Å². The van der Waals surface area contributed by atoms with Gasteiger partial charge in [-0.05, 0) is 68.8 Å². The van der Waals surface area contributed by atoms with E-state index in [1.807, 2.05) is 45.3 Å². The van der Waals surface area contributed by atoms with Crippen molar-refractivity contribution >= 4 is 34.9 Å². The van der Waals surface area contributed by atoms with Gasteiger partial charge in [-0.15, -0.1) is 0 Å². The Kier molecular flexibility index (Phi) is 12.1. The molecule has 0 fully saturated rings. The molecule has 0 bridgehead atoms. The first-order chi connectivity index (χ1) is 19.3. The lowest BCUT2D eigenvalue weighted by Crippen LogP contribution is -2.29. The lowest BCUT2D eigenvalue weighted by Gasteiger charge is -2.19. The fourth-order valence-corrected chi connectivity index (χ4v) is 3.59. The Hall–Kier alpha value is -4.66. The number of nitrogens with one attached hydrogen (secondary N) is 1. The summed E-state index contributed by atoms with van der Waals surface area (Å²) in [4.78, 5) is 48.2. The molecule has 3 aromatic carbocycles. The zero-order valence-electron chi connectivity index (χ0n) is 24.6. The van der Waals surface area contributed by atoms with Crippen molar-refractivity contribution in [1.29, 1.82) is 0 Å². The number of fused-ring (bicyclic) bond motifs is 1. The van der Waals surface area contributed by atoms with E-state index in [0.29, 0.717) is 23.3 Å². The lowest BCUT2D eigenvalue weighted by atomic mass is 10.0. The monoisotopic (exact) mass is 562 g/mol. The standard InChI is InChI=1S/C30H34N2O5.C2H4O2/c1-20-7-8-23-18-24(10-9-22(23)17-20)28(34)26(19-32(5)6)36-25-13-11-21(12-14-25)29(35)31-16-15-27(33)37-30(2,3)4;1-4-2-3/h7-14,17-19H,15-16H2,1-6H3,(H,31,35);2H,1H3/b26-19-;. The van der Waals surface area contributed by atoms with Crippen molar-refractivity contribution in [1.82, 2.24) is 10.2 Å². The van der Waals surface area contributed by atoms with Crippen LogP contribution < -0.4 is 10.1 Å². The van der Waals surface area contributed by atoms with Crippen LogP contribution in [-0.4, -0.2) is 62.4 Å². The van der Waals surface area contributed by atoms with Crippen LogP contribution in [0.3, 0.4) is 0 Å². The van der Waals surface area contributed by atoms with Crippen molar-refractivity contribution in [2.75, 3.05) is 27.7 Å². The van der Waals surface area contributed by atoms with Gasteiger partial charge in [0.05, 0.1) is 13.5 Å². The van der Waals surface area contributed by atoms with Crippen LogP contribution in [0.25, 0.3) is 10.8 Å². The topological polar surface area (TPSA) is 111 Å². The number of hydrogen-bond acceptors (Lipinski definition) is 8. The fourth-order valence-electron chi connectivity index (χ4n) is 3.59. The molecule has 0 saturated carbocycles. The Bertz CT molecular complexity index is 1390. The maximum absolute atomic E-state index is 13.3. The molecule has 1 N–H and O–H groups in total. The number of benzene rings is 3. The number of nitrogens with zero attached hydrogens (tertiary/aromatic N) is 1. The van der Waals surface area contributed by atoms with Crippen LogP contribution in [0.4, 0.5) is 0 Å². The van der Waals surface area contributed by atoms with Crippen molar-refractivity contribution in [3.05, 3.63) is 89.3 Å². The molecule has 218 valence electrons. The molecule has 3 rings (SSSR count). The molecule has 0 atom stereocenters. The first kappa shape index (κ1) is 32.6. The van der Waals surface area contributed by atoms with Crippen LogP contribution in [0.2, 0.25) is 0 Å². The Morgan fingerprint density at radius 2 is 1.49 bits per heavy atom. The molecule has 9 nitrogen and oxygen atoms in total. The highest BCUT2D eigenvalue weighted by Crippen LogP contribution is 2.22. The first-order valence-electron chi connectivity index (χ1n) is 13.0. The minimum Gasteiger partial charge on any atom is -0.471 e. The highest BCUT2D eigenvalue weighted by Gasteiger charge is 2.18. The predicted octanol–water partition coefficient (Wildman–Crippen LogP) is 5.06.